The molecule has 1 N–H and O–H groups in total. The molecular weight excluding hydrogens is 296 g/mol. The first kappa shape index (κ1) is 16.7. The van der Waals surface area contributed by atoms with E-state index in [0.29, 0.717) is 11.8 Å². The van der Waals surface area contributed by atoms with Gasteiger partial charge in [-0.25, -0.2) is 0 Å². The van der Waals surface area contributed by atoms with Gasteiger partial charge >= 0.3 is 0 Å². The molecule has 2 fully saturated rings. The molecule has 1 unspecified atom stereocenters. The van der Waals surface area contributed by atoms with Crippen molar-refractivity contribution in [3.8, 4) is 0 Å². The number of hydrogen-bond donors (Lipinski definition) is 1. The van der Waals surface area contributed by atoms with E-state index in [1.165, 1.54) is 18.4 Å². The SMILES string of the molecule is O=C([C@@H]1CC(c2ccccc2)CN1)N1CCCC1.c1ccccc1. The van der Waals surface area contributed by atoms with E-state index < -0.39 is 0 Å². The minimum Gasteiger partial charge on any atom is -0.341 e. The summed E-state index contributed by atoms with van der Waals surface area (Å²) < 4.78 is 0. The Bertz CT molecular complexity index is 582. The molecule has 2 aromatic carbocycles. The largest absolute Gasteiger partial charge is 0.341 e. The van der Waals surface area contributed by atoms with Crippen LogP contribution in [-0.2, 0) is 4.79 Å². The molecule has 0 aliphatic carbocycles. The van der Waals surface area contributed by atoms with E-state index >= 15 is 0 Å². The van der Waals surface area contributed by atoms with Gasteiger partial charge in [0.1, 0.15) is 0 Å². The van der Waals surface area contributed by atoms with Crippen LogP contribution >= 0.6 is 0 Å². The minimum atomic E-state index is 0.0355. The molecule has 2 atom stereocenters. The van der Waals surface area contributed by atoms with Gasteiger partial charge in [-0.2, -0.15) is 0 Å². The van der Waals surface area contributed by atoms with Crippen molar-refractivity contribution in [1.82, 2.24) is 10.2 Å². The van der Waals surface area contributed by atoms with Crippen LogP contribution in [0.5, 0.6) is 0 Å². The van der Waals surface area contributed by atoms with Crippen LogP contribution in [0.15, 0.2) is 66.7 Å². The fourth-order valence-electron chi connectivity index (χ4n) is 3.45. The zero-order valence-electron chi connectivity index (χ0n) is 14.1. The number of hydrogen-bond acceptors (Lipinski definition) is 2. The molecule has 0 bridgehead atoms. The van der Waals surface area contributed by atoms with Gasteiger partial charge < -0.3 is 10.2 Å². The number of nitrogens with zero attached hydrogens (tertiary/aromatic N) is 1. The van der Waals surface area contributed by atoms with Crippen molar-refractivity contribution >= 4 is 5.91 Å². The minimum absolute atomic E-state index is 0.0355. The molecule has 0 spiro atoms. The Morgan fingerprint density at radius 2 is 1.42 bits per heavy atom. The van der Waals surface area contributed by atoms with E-state index in [1.54, 1.807) is 0 Å². The normalized spacial score (nSPS) is 22.8. The van der Waals surface area contributed by atoms with Gasteiger partial charge in [-0.1, -0.05) is 66.7 Å². The van der Waals surface area contributed by atoms with Crippen molar-refractivity contribution in [1.29, 1.82) is 0 Å². The zero-order chi connectivity index (χ0) is 16.6. The van der Waals surface area contributed by atoms with E-state index in [4.69, 9.17) is 0 Å². The first-order valence-electron chi connectivity index (χ1n) is 8.92. The van der Waals surface area contributed by atoms with Crippen LogP contribution < -0.4 is 5.32 Å². The highest BCUT2D eigenvalue weighted by atomic mass is 16.2. The number of carbonyl (C=O) groups is 1. The standard InChI is InChI=1S/C15H20N2O.C6H6/c18-15(17-8-4-5-9-17)14-10-13(11-16-14)12-6-2-1-3-7-12;1-2-4-6-5-3-1/h1-3,6-7,13-14,16H,4-5,8-11H2;1-6H/t13?,14-;/m0./s1. The molecule has 0 radical (unpaired) electrons. The number of carbonyl (C=O) groups excluding carboxylic acids is 1. The highest BCUT2D eigenvalue weighted by Gasteiger charge is 2.33. The topological polar surface area (TPSA) is 32.3 Å². The lowest BCUT2D eigenvalue weighted by Crippen LogP contribution is -2.42. The van der Waals surface area contributed by atoms with Crippen LogP contribution in [-0.4, -0.2) is 36.5 Å². The zero-order valence-corrected chi connectivity index (χ0v) is 14.1. The summed E-state index contributed by atoms with van der Waals surface area (Å²) in [6, 6.07) is 22.5. The maximum absolute atomic E-state index is 12.3. The maximum Gasteiger partial charge on any atom is 0.239 e. The van der Waals surface area contributed by atoms with Crippen LogP contribution in [0.1, 0.15) is 30.7 Å². The highest BCUT2D eigenvalue weighted by Crippen LogP contribution is 2.26. The van der Waals surface area contributed by atoms with Crippen molar-refractivity contribution in [2.45, 2.75) is 31.2 Å². The predicted octanol–water partition coefficient (Wildman–Crippen LogP) is 3.44. The Balaban J connectivity index is 0.000000238. The molecule has 24 heavy (non-hydrogen) atoms. The summed E-state index contributed by atoms with van der Waals surface area (Å²) in [6.07, 6.45) is 3.28. The number of rotatable bonds is 2. The molecule has 4 rings (SSSR count). The summed E-state index contributed by atoms with van der Waals surface area (Å²) in [5.74, 6) is 0.800. The van der Waals surface area contributed by atoms with Crippen molar-refractivity contribution in [2.75, 3.05) is 19.6 Å². The Labute approximate surface area is 144 Å². The molecule has 0 aromatic heterocycles. The van der Waals surface area contributed by atoms with E-state index in [1.807, 2.05) is 47.4 Å². The molecule has 2 saturated heterocycles. The number of likely N-dealkylation sites (tertiary alicyclic amines) is 1. The smallest absolute Gasteiger partial charge is 0.239 e. The monoisotopic (exact) mass is 322 g/mol. The lowest BCUT2D eigenvalue weighted by molar-refractivity contribution is -0.132. The molecule has 0 saturated carbocycles. The van der Waals surface area contributed by atoms with E-state index in [9.17, 15) is 4.79 Å². The third kappa shape index (κ3) is 4.45. The van der Waals surface area contributed by atoms with E-state index in [0.717, 1.165) is 26.1 Å². The van der Waals surface area contributed by atoms with Gasteiger partial charge in [-0.15, -0.1) is 0 Å². The van der Waals surface area contributed by atoms with Crippen LogP contribution in [0.3, 0.4) is 0 Å². The summed E-state index contributed by atoms with van der Waals surface area (Å²) in [5.41, 5.74) is 1.35. The third-order valence-corrected chi connectivity index (χ3v) is 4.78. The number of amides is 1. The highest BCUT2D eigenvalue weighted by molar-refractivity contribution is 5.82. The lowest BCUT2D eigenvalue weighted by Gasteiger charge is -2.19. The Morgan fingerprint density at radius 3 is 2.00 bits per heavy atom. The van der Waals surface area contributed by atoms with Crippen molar-refractivity contribution < 1.29 is 4.79 Å². The van der Waals surface area contributed by atoms with Crippen LogP contribution in [0.4, 0.5) is 0 Å². The average molecular weight is 322 g/mol. The van der Waals surface area contributed by atoms with Crippen molar-refractivity contribution in [3.05, 3.63) is 72.3 Å². The second-order valence-corrected chi connectivity index (χ2v) is 6.49. The Kier molecular flexibility index (Phi) is 6.02. The summed E-state index contributed by atoms with van der Waals surface area (Å²) in [7, 11) is 0. The van der Waals surface area contributed by atoms with Crippen molar-refractivity contribution in [2.24, 2.45) is 0 Å². The van der Waals surface area contributed by atoms with Crippen LogP contribution in [0.25, 0.3) is 0 Å². The Morgan fingerprint density at radius 1 is 0.875 bits per heavy atom. The first-order chi connectivity index (χ1) is 11.8. The number of nitrogens with one attached hydrogen (secondary N) is 1. The van der Waals surface area contributed by atoms with Gasteiger partial charge in [-0.3, -0.25) is 4.79 Å². The summed E-state index contributed by atoms with van der Waals surface area (Å²) in [4.78, 5) is 14.3. The molecule has 2 aliphatic rings. The molecule has 3 nitrogen and oxygen atoms in total. The molecule has 126 valence electrons. The molecule has 3 heteroatoms. The van der Waals surface area contributed by atoms with Crippen molar-refractivity contribution in [3.63, 3.8) is 0 Å². The molecule has 2 heterocycles. The maximum atomic E-state index is 12.3. The lowest BCUT2D eigenvalue weighted by atomic mass is 9.96. The van der Waals surface area contributed by atoms with Gasteiger partial charge in [-0.05, 0) is 30.7 Å². The average Bonchev–Trinajstić information content (AvgIpc) is 3.36. The fraction of sp³-hybridized carbons (Fsp3) is 0.381. The van der Waals surface area contributed by atoms with Gasteiger partial charge in [0.25, 0.3) is 0 Å². The second kappa shape index (κ2) is 8.65. The van der Waals surface area contributed by atoms with Gasteiger partial charge in [0.05, 0.1) is 6.04 Å². The van der Waals surface area contributed by atoms with Crippen LogP contribution in [0.2, 0.25) is 0 Å². The quantitative estimate of drug-likeness (QED) is 0.918. The van der Waals surface area contributed by atoms with E-state index in [2.05, 4.69) is 29.6 Å². The summed E-state index contributed by atoms with van der Waals surface area (Å²) in [6.45, 7) is 2.83. The molecule has 1 amide bonds. The summed E-state index contributed by atoms with van der Waals surface area (Å²) >= 11 is 0. The molecule has 2 aliphatic heterocycles. The van der Waals surface area contributed by atoms with Crippen LogP contribution in [0, 0.1) is 0 Å². The molecular formula is C21H26N2O. The third-order valence-electron chi connectivity index (χ3n) is 4.78. The van der Waals surface area contributed by atoms with Gasteiger partial charge in [0, 0.05) is 19.6 Å². The second-order valence-electron chi connectivity index (χ2n) is 6.49. The van der Waals surface area contributed by atoms with E-state index in [-0.39, 0.29) is 6.04 Å². The predicted molar refractivity (Wildman–Crippen MR) is 97.8 cm³/mol. The van der Waals surface area contributed by atoms with Gasteiger partial charge in [0.2, 0.25) is 5.91 Å². The summed E-state index contributed by atoms with van der Waals surface area (Å²) in [5, 5.41) is 3.39. The van der Waals surface area contributed by atoms with Gasteiger partial charge in [0.15, 0.2) is 0 Å². The molecule has 2 aromatic rings. The fourth-order valence-corrected chi connectivity index (χ4v) is 3.45. The first-order valence-corrected chi connectivity index (χ1v) is 8.92. The number of benzene rings is 2. The Hall–Kier alpha value is -2.13.